The molecule has 0 saturated carbocycles. The van der Waals surface area contributed by atoms with Crippen molar-refractivity contribution in [2.75, 3.05) is 25.1 Å². The van der Waals surface area contributed by atoms with Crippen molar-refractivity contribution in [3.05, 3.63) is 42.2 Å². The molecule has 1 saturated heterocycles. The third-order valence-corrected chi connectivity index (χ3v) is 3.98. The van der Waals surface area contributed by atoms with E-state index in [1.165, 1.54) is 0 Å². The van der Waals surface area contributed by atoms with Crippen molar-refractivity contribution in [1.82, 2.24) is 9.97 Å². The van der Waals surface area contributed by atoms with Gasteiger partial charge in [0.25, 0.3) is 0 Å². The Morgan fingerprint density at radius 1 is 1.14 bits per heavy atom. The second-order valence-electron chi connectivity index (χ2n) is 5.49. The van der Waals surface area contributed by atoms with Gasteiger partial charge in [0.05, 0.1) is 19.0 Å². The van der Waals surface area contributed by atoms with Crippen molar-refractivity contribution >= 4 is 5.69 Å². The second-order valence-corrected chi connectivity index (χ2v) is 5.49. The number of pyridine rings is 2. The molecule has 0 aromatic carbocycles. The number of nitrogens with zero attached hydrogens (tertiary/aromatic N) is 3. The fraction of sp³-hybridized carbons (Fsp3) is 0.412. The van der Waals surface area contributed by atoms with Crippen LogP contribution in [0.3, 0.4) is 0 Å². The first-order valence-corrected chi connectivity index (χ1v) is 7.59. The van der Waals surface area contributed by atoms with Crippen molar-refractivity contribution in [2.24, 2.45) is 0 Å². The fourth-order valence-electron chi connectivity index (χ4n) is 2.66. The number of methoxy groups -OCH3 is 1. The number of hydrogen-bond donors (Lipinski definition) is 0. The second kappa shape index (κ2) is 6.64. The van der Waals surface area contributed by atoms with E-state index >= 15 is 0 Å². The molecule has 0 aliphatic carbocycles. The van der Waals surface area contributed by atoms with Gasteiger partial charge in [-0.05, 0) is 19.1 Å². The van der Waals surface area contributed by atoms with Gasteiger partial charge in [0.15, 0.2) is 0 Å². The van der Waals surface area contributed by atoms with E-state index < -0.39 is 0 Å². The van der Waals surface area contributed by atoms with E-state index in [0.29, 0.717) is 5.88 Å². The highest BCUT2D eigenvalue weighted by Gasteiger charge is 2.21. The van der Waals surface area contributed by atoms with Gasteiger partial charge in [0, 0.05) is 43.8 Å². The van der Waals surface area contributed by atoms with Gasteiger partial charge in [-0.2, -0.15) is 0 Å². The molecule has 3 rings (SSSR count). The molecule has 0 N–H and O–H groups in total. The molecule has 5 heteroatoms. The topological polar surface area (TPSA) is 47.5 Å². The predicted molar refractivity (Wildman–Crippen MR) is 85.6 cm³/mol. The quantitative estimate of drug-likeness (QED) is 0.869. The lowest BCUT2D eigenvalue weighted by molar-refractivity contribution is 0.163. The van der Waals surface area contributed by atoms with Crippen LogP contribution < -0.4 is 14.4 Å². The summed E-state index contributed by atoms with van der Waals surface area (Å²) in [5, 5.41) is 0. The van der Waals surface area contributed by atoms with Crippen molar-refractivity contribution in [3.63, 3.8) is 0 Å². The van der Waals surface area contributed by atoms with Gasteiger partial charge >= 0.3 is 0 Å². The average molecular weight is 299 g/mol. The van der Waals surface area contributed by atoms with Crippen LogP contribution in [0.25, 0.3) is 0 Å². The Morgan fingerprint density at radius 3 is 2.59 bits per heavy atom. The standard InChI is InChI=1S/C17H21N3O2/c1-13-4-3-9-18-17(13)22-15-7-10-20(11-8-15)14-5-6-16(21-2)19-12-14/h3-6,9,12,15H,7-8,10-11H2,1-2H3. The smallest absolute Gasteiger partial charge is 0.216 e. The first-order valence-electron chi connectivity index (χ1n) is 7.59. The van der Waals surface area contributed by atoms with E-state index in [-0.39, 0.29) is 6.10 Å². The molecule has 0 radical (unpaired) electrons. The predicted octanol–water partition coefficient (Wildman–Crippen LogP) is 2.84. The molecule has 1 aliphatic heterocycles. The van der Waals surface area contributed by atoms with Crippen LogP contribution in [0, 0.1) is 6.92 Å². The van der Waals surface area contributed by atoms with Crippen molar-refractivity contribution in [1.29, 1.82) is 0 Å². The van der Waals surface area contributed by atoms with E-state index in [1.54, 1.807) is 13.3 Å². The number of aromatic nitrogens is 2. The Kier molecular flexibility index (Phi) is 4.42. The van der Waals surface area contributed by atoms with Crippen LogP contribution in [0.2, 0.25) is 0 Å². The van der Waals surface area contributed by atoms with Gasteiger partial charge in [-0.1, -0.05) is 6.07 Å². The average Bonchev–Trinajstić information content (AvgIpc) is 2.58. The zero-order chi connectivity index (χ0) is 15.4. The maximum Gasteiger partial charge on any atom is 0.216 e. The fourth-order valence-corrected chi connectivity index (χ4v) is 2.66. The normalized spacial score (nSPS) is 15.6. The summed E-state index contributed by atoms with van der Waals surface area (Å²) in [7, 11) is 1.63. The molecule has 5 nitrogen and oxygen atoms in total. The minimum atomic E-state index is 0.232. The van der Waals surface area contributed by atoms with Gasteiger partial charge in [-0.15, -0.1) is 0 Å². The Morgan fingerprint density at radius 2 is 1.95 bits per heavy atom. The van der Waals surface area contributed by atoms with Crippen molar-refractivity contribution in [2.45, 2.75) is 25.9 Å². The zero-order valence-electron chi connectivity index (χ0n) is 13.0. The highest BCUT2D eigenvalue weighted by molar-refractivity contribution is 5.45. The van der Waals surface area contributed by atoms with Crippen molar-refractivity contribution in [3.8, 4) is 11.8 Å². The van der Waals surface area contributed by atoms with Crippen molar-refractivity contribution < 1.29 is 9.47 Å². The lowest BCUT2D eigenvalue weighted by Crippen LogP contribution is -2.38. The van der Waals surface area contributed by atoms with Crippen LogP contribution in [-0.2, 0) is 0 Å². The molecule has 1 aliphatic rings. The highest BCUT2D eigenvalue weighted by Crippen LogP contribution is 2.24. The largest absolute Gasteiger partial charge is 0.481 e. The molecule has 0 unspecified atom stereocenters. The van der Waals surface area contributed by atoms with Gasteiger partial charge in [0.2, 0.25) is 11.8 Å². The Balaban J connectivity index is 1.57. The van der Waals surface area contributed by atoms with Crippen LogP contribution in [0.15, 0.2) is 36.7 Å². The van der Waals surface area contributed by atoms with E-state index in [1.807, 2.05) is 31.3 Å². The zero-order valence-corrected chi connectivity index (χ0v) is 13.0. The van der Waals surface area contributed by atoms with E-state index in [2.05, 4.69) is 20.9 Å². The molecule has 0 bridgehead atoms. The molecular weight excluding hydrogens is 278 g/mol. The van der Waals surface area contributed by atoms with Crippen LogP contribution in [0.4, 0.5) is 5.69 Å². The first-order chi connectivity index (χ1) is 10.8. The van der Waals surface area contributed by atoms with Crippen LogP contribution in [-0.4, -0.2) is 36.3 Å². The Bertz CT molecular complexity index is 608. The molecule has 1 fully saturated rings. The maximum absolute atomic E-state index is 6.03. The molecule has 2 aromatic rings. The summed E-state index contributed by atoms with van der Waals surface area (Å²) < 4.78 is 11.1. The van der Waals surface area contributed by atoms with E-state index in [0.717, 1.165) is 43.1 Å². The van der Waals surface area contributed by atoms with E-state index in [9.17, 15) is 0 Å². The number of rotatable bonds is 4. The van der Waals surface area contributed by atoms with Gasteiger partial charge < -0.3 is 14.4 Å². The van der Waals surface area contributed by atoms with Crippen LogP contribution in [0.5, 0.6) is 11.8 Å². The highest BCUT2D eigenvalue weighted by atomic mass is 16.5. The number of ether oxygens (including phenoxy) is 2. The number of anilines is 1. The lowest BCUT2D eigenvalue weighted by Gasteiger charge is -2.33. The number of piperidine rings is 1. The lowest BCUT2D eigenvalue weighted by atomic mass is 10.1. The number of aryl methyl sites for hydroxylation is 1. The van der Waals surface area contributed by atoms with Gasteiger partial charge in [0.1, 0.15) is 6.10 Å². The molecule has 0 spiro atoms. The SMILES string of the molecule is COc1ccc(N2CCC(Oc3ncccc3C)CC2)cn1. The summed E-state index contributed by atoms with van der Waals surface area (Å²) in [6, 6.07) is 7.91. The summed E-state index contributed by atoms with van der Waals surface area (Å²) in [5.74, 6) is 1.40. The first kappa shape index (κ1) is 14.6. The molecule has 116 valence electrons. The van der Waals surface area contributed by atoms with Gasteiger partial charge in [-0.25, -0.2) is 9.97 Å². The van der Waals surface area contributed by atoms with Gasteiger partial charge in [-0.3, -0.25) is 0 Å². The maximum atomic E-state index is 6.03. The Labute approximate surface area is 130 Å². The number of hydrogen-bond acceptors (Lipinski definition) is 5. The summed E-state index contributed by atoms with van der Waals surface area (Å²) in [5.41, 5.74) is 2.22. The van der Waals surface area contributed by atoms with Crippen LogP contribution in [0.1, 0.15) is 18.4 Å². The Hall–Kier alpha value is -2.30. The minimum Gasteiger partial charge on any atom is -0.481 e. The summed E-state index contributed by atoms with van der Waals surface area (Å²) in [4.78, 5) is 10.9. The third-order valence-electron chi connectivity index (χ3n) is 3.98. The monoisotopic (exact) mass is 299 g/mol. The molecule has 3 heterocycles. The van der Waals surface area contributed by atoms with Crippen LogP contribution >= 0.6 is 0 Å². The minimum absolute atomic E-state index is 0.232. The molecular formula is C17H21N3O2. The summed E-state index contributed by atoms with van der Waals surface area (Å²) in [6.07, 6.45) is 5.85. The third kappa shape index (κ3) is 3.30. The summed E-state index contributed by atoms with van der Waals surface area (Å²) >= 11 is 0. The molecule has 2 aromatic heterocycles. The molecule has 0 amide bonds. The molecule has 0 atom stereocenters. The summed E-state index contributed by atoms with van der Waals surface area (Å²) in [6.45, 7) is 3.95. The van der Waals surface area contributed by atoms with E-state index in [4.69, 9.17) is 9.47 Å². The molecule has 22 heavy (non-hydrogen) atoms.